The summed E-state index contributed by atoms with van der Waals surface area (Å²) in [4.78, 5) is 3.52. The van der Waals surface area contributed by atoms with E-state index < -0.39 is 18.5 Å². The molecule has 86 valence electrons. The van der Waals surface area contributed by atoms with Crippen molar-refractivity contribution in [2.75, 3.05) is 6.61 Å². The summed E-state index contributed by atoms with van der Waals surface area (Å²) in [6.45, 7) is -1.54. The van der Waals surface area contributed by atoms with E-state index in [1.54, 1.807) is 6.07 Å². The fraction of sp³-hybridized carbons (Fsp3) is 0.250. The number of rotatable bonds is 2. The van der Waals surface area contributed by atoms with E-state index >= 15 is 0 Å². The molecule has 0 fully saturated rings. The number of nitriles is 1. The highest BCUT2D eigenvalue weighted by molar-refractivity contribution is 6.37. The molecule has 16 heavy (non-hydrogen) atoms. The first-order valence-corrected chi connectivity index (χ1v) is 4.54. The number of nitrogens with zero attached hydrogens (tertiary/aromatic N) is 2. The average molecular weight is 271 g/mol. The quantitative estimate of drug-likeness (QED) is 0.829. The van der Waals surface area contributed by atoms with Crippen LogP contribution in [0.1, 0.15) is 5.69 Å². The summed E-state index contributed by atoms with van der Waals surface area (Å²) in [5.74, 6) is -0.396. The minimum Gasteiger partial charge on any atom is -0.481 e. The van der Waals surface area contributed by atoms with Crippen LogP contribution in [-0.4, -0.2) is 17.8 Å². The number of hydrogen-bond acceptors (Lipinski definition) is 3. The maximum Gasteiger partial charge on any atom is 0.422 e. The van der Waals surface area contributed by atoms with Crippen molar-refractivity contribution in [3.8, 4) is 11.8 Å². The van der Waals surface area contributed by atoms with Crippen molar-refractivity contribution in [1.82, 2.24) is 4.98 Å². The molecule has 0 unspecified atom stereocenters. The summed E-state index contributed by atoms with van der Waals surface area (Å²) >= 11 is 11.1. The summed E-state index contributed by atoms with van der Waals surface area (Å²) in [7, 11) is 0. The number of halogens is 5. The molecule has 0 aliphatic heterocycles. The second-order valence-corrected chi connectivity index (χ2v) is 3.40. The highest BCUT2D eigenvalue weighted by Gasteiger charge is 2.29. The minimum absolute atomic E-state index is 0.187. The van der Waals surface area contributed by atoms with Crippen molar-refractivity contribution >= 4 is 23.2 Å². The molecule has 0 spiro atoms. The highest BCUT2D eigenvalue weighted by atomic mass is 35.5. The van der Waals surface area contributed by atoms with Crippen molar-refractivity contribution in [3.05, 3.63) is 21.9 Å². The normalized spacial score (nSPS) is 11.0. The third kappa shape index (κ3) is 3.15. The van der Waals surface area contributed by atoms with Crippen LogP contribution in [0.3, 0.4) is 0 Å². The number of ether oxygens (including phenoxy) is 1. The lowest BCUT2D eigenvalue weighted by Crippen LogP contribution is -2.19. The molecule has 1 heterocycles. The van der Waals surface area contributed by atoms with Gasteiger partial charge in [0.1, 0.15) is 16.1 Å². The Morgan fingerprint density at radius 2 is 2.06 bits per heavy atom. The van der Waals surface area contributed by atoms with E-state index in [0.29, 0.717) is 0 Å². The zero-order valence-corrected chi connectivity index (χ0v) is 8.99. The van der Waals surface area contributed by atoms with Gasteiger partial charge in [-0.3, -0.25) is 0 Å². The van der Waals surface area contributed by atoms with Crippen molar-refractivity contribution in [2.24, 2.45) is 0 Å². The lowest BCUT2D eigenvalue weighted by Gasteiger charge is -2.11. The predicted octanol–water partition coefficient (Wildman–Crippen LogP) is 3.20. The molecule has 3 nitrogen and oxygen atoms in total. The molecule has 0 saturated carbocycles. The Labute approximate surface area is 98.4 Å². The second kappa shape index (κ2) is 4.76. The van der Waals surface area contributed by atoms with Gasteiger partial charge in [0.2, 0.25) is 0 Å². The predicted molar refractivity (Wildman–Crippen MR) is 50.5 cm³/mol. The van der Waals surface area contributed by atoms with Gasteiger partial charge in [0.05, 0.1) is 6.20 Å². The van der Waals surface area contributed by atoms with Crippen LogP contribution in [0.4, 0.5) is 13.2 Å². The molecule has 0 aromatic carbocycles. The van der Waals surface area contributed by atoms with Crippen LogP contribution in [0.25, 0.3) is 0 Å². The first kappa shape index (κ1) is 12.9. The van der Waals surface area contributed by atoms with Crippen LogP contribution < -0.4 is 4.74 Å². The number of aromatic nitrogens is 1. The first-order chi connectivity index (χ1) is 7.35. The van der Waals surface area contributed by atoms with E-state index in [4.69, 9.17) is 28.5 Å². The topological polar surface area (TPSA) is 45.9 Å². The summed E-state index contributed by atoms with van der Waals surface area (Å²) in [5.41, 5.74) is -0.247. The molecule has 1 aromatic rings. The van der Waals surface area contributed by atoms with E-state index in [2.05, 4.69) is 9.72 Å². The van der Waals surface area contributed by atoms with Gasteiger partial charge in [-0.1, -0.05) is 23.2 Å². The lowest BCUT2D eigenvalue weighted by molar-refractivity contribution is -0.153. The smallest absolute Gasteiger partial charge is 0.422 e. The van der Waals surface area contributed by atoms with Gasteiger partial charge in [-0.25, -0.2) is 4.98 Å². The second-order valence-electron chi connectivity index (χ2n) is 2.61. The maximum absolute atomic E-state index is 11.9. The Morgan fingerprint density at radius 1 is 1.44 bits per heavy atom. The zero-order valence-electron chi connectivity index (χ0n) is 7.48. The highest BCUT2D eigenvalue weighted by Crippen LogP contribution is 2.34. The van der Waals surface area contributed by atoms with Gasteiger partial charge < -0.3 is 4.74 Å². The monoisotopic (exact) mass is 270 g/mol. The molecule has 1 rings (SSSR count). The molecule has 0 aliphatic carbocycles. The number of hydrogen-bond donors (Lipinski definition) is 0. The molecule has 8 heteroatoms. The van der Waals surface area contributed by atoms with Gasteiger partial charge in [-0.05, 0) is 0 Å². The van der Waals surface area contributed by atoms with Crippen LogP contribution in [0.2, 0.25) is 10.0 Å². The van der Waals surface area contributed by atoms with E-state index in [1.807, 2.05) is 0 Å². The van der Waals surface area contributed by atoms with Crippen molar-refractivity contribution in [3.63, 3.8) is 0 Å². The standard InChI is InChI=1S/C8H3Cl2F3N2O/c9-4-2-15-5(1-14)6(10)7(4)16-3-8(11,12)13/h2H,3H2. The Morgan fingerprint density at radius 3 is 2.56 bits per heavy atom. The summed E-state index contributed by atoms with van der Waals surface area (Å²) < 4.78 is 40.1. The molecular weight excluding hydrogens is 268 g/mol. The van der Waals surface area contributed by atoms with E-state index in [9.17, 15) is 13.2 Å². The number of pyridine rings is 1. The molecule has 1 aromatic heterocycles. The fourth-order valence-electron chi connectivity index (χ4n) is 0.813. The van der Waals surface area contributed by atoms with Gasteiger partial charge >= 0.3 is 6.18 Å². The molecule has 0 saturated heterocycles. The molecule has 0 amide bonds. The minimum atomic E-state index is -4.51. The Balaban J connectivity index is 3.00. The molecule has 0 radical (unpaired) electrons. The molecule has 0 atom stereocenters. The van der Waals surface area contributed by atoms with Crippen molar-refractivity contribution < 1.29 is 17.9 Å². The van der Waals surface area contributed by atoms with Crippen LogP contribution in [0, 0.1) is 11.3 Å². The van der Waals surface area contributed by atoms with Crippen LogP contribution in [0.5, 0.6) is 5.75 Å². The molecule has 0 aliphatic rings. The first-order valence-electron chi connectivity index (χ1n) is 3.79. The van der Waals surface area contributed by atoms with Crippen molar-refractivity contribution in [1.29, 1.82) is 5.26 Å². The SMILES string of the molecule is N#Cc1ncc(Cl)c(OCC(F)(F)F)c1Cl. The molecule has 0 N–H and O–H groups in total. The Hall–Kier alpha value is -1.19. The lowest BCUT2D eigenvalue weighted by atomic mass is 10.3. The van der Waals surface area contributed by atoms with Gasteiger partial charge in [0, 0.05) is 0 Å². The summed E-state index contributed by atoms with van der Waals surface area (Å²) in [5, 5.41) is 8.02. The average Bonchev–Trinajstić information content (AvgIpc) is 2.16. The van der Waals surface area contributed by atoms with Crippen molar-refractivity contribution in [2.45, 2.75) is 6.18 Å². The largest absolute Gasteiger partial charge is 0.481 e. The third-order valence-corrected chi connectivity index (χ3v) is 2.04. The maximum atomic E-state index is 11.9. The van der Waals surface area contributed by atoms with Gasteiger partial charge in [-0.15, -0.1) is 0 Å². The van der Waals surface area contributed by atoms with Crippen LogP contribution in [0.15, 0.2) is 6.20 Å². The van der Waals surface area contributed by atoms with E-state index in [1.165, 1.54) is 0 Å². The number of alkyl halides is 3. The van der Waals surface area contributed by atoms with Crippen LogP contribution >= 0.6 is 23.2 Å². The Kier molecular flexibility index (Phi) is 3.83. The van der Waals surface area contributed by atoms with Gasteiger partial charge in [0.15, 0.2) is 18.1 Å². The van der Waals surface area contributed by atoms with E-state index in [0.717, 1.165) is 6.20 Å². The molecule has 0 bridgehead atoms. The van der Waals surface area contributed by atoms with Gasteiger partial charge in [0.25, 0.3) is 0 Å². The Bertz CT molecular complexity index is 442. The van der Waals surface area contributed by atoms with Gasteiger partial charge in [-0.2, -0.15) is 18.4 Å². The molecular formula is C8H3Cl2F3N2O. The van der Waals surface area contributed by atoms with Crippen LogP contribution in [-0.2, 0) is 0 Å². The zero-order chi connectivity index (χ0) is 12.3. The van der Waals surface area contributed by atoms with E-state index in [-0.39, 0.29) is 15.7 Å². The fourth-order valence-corrected chi connectivity index (χ4v) is 1.31. The summed E-state index contributed by atoms with van der Waals surface area (Å²) in [6, 6.07) is 1.60. The summed E-state index contributed by atoms with van der Waals surface area (Å²) in [6.07, 6.45) is -3.51. The third-order valence-electron chi connectivity index (χ3n) is 1.42.